The lowest BCUT2D eigenvalue weighted by molar-refractivity contribution is 0.408. The van der Waals surface area contributed by atoms with Gasteiger partial charge in [-0.15, -0.1) is 0 Å². The summed E-state index contributed by atoms with van der Waals surface area (Å²) in [7, 11) is 0. The molecule has 7 heteroatoms. The number of benzene rings is 1. The van der Waals surface area contributed by atoms with Gasteiger partial charge in [-0.1, -0.05) is 23.4 Å². The maximum absolute atomic E-state index is 5.43. The highest BCUT2D eigenvalue weighted by Gasteiger charge is 2.10. The van der Waals surface area contributed by atoms with Crippen molar-refractivity contribution >= 4 is 34.2 Å². The molecule has 0 aliphatic carbocycles. The minimum absolute atomic E-state index is 0.661. The lowest BCUT2D eigenvalue weighted by Gasteiger charge is -2.05. The number of nitrogens with one attached hydrogen (secondary N) is 1. The standard InChI is InChI=1S/C14H11N5OS/c21-14-17-11-7-15-10-4-2-1-3-9(10)13(11)19(14)6-5-12-16-8-20-18-12/h1-4,7-8H,5-6H2,(H,17,21). The lowest BCUT2D eigenvalue weighted by atomic mass is 10.2. The molecule has 0 bridgehead atoms. The van der Waals surface area contributed by atoms with Crippen molar-refractivity contribution < 1.29 is 4.52 Å². The van der Waals surface area contributed by atoms with Crippen LogP contribution in [-0.4, -0.2) is 24.7 Å². The number of hydrogen-bond acceptors (Lipinski definition) is 5. The van der Waals surface area contributed by atoms with Gasteiger partial charge < -0.3 is 14.1 Å². The fourth-order valence-electron chi connectivity index (χ4n) is 2.52. The van der Waals surface area contributed by atoms with E-state index in [4.69, 9.17) is 16.7 Å². The third-order valence-corrected chi connectivity index (χ3v) is 3.79. The zero-order valence-electron chi connectivity index (χ0n) is 11.0. The molecule has 0 radical (unpaired) electrons. The molecule has 0 aliphatic heterocycles. The summed E-state index contributed by atoms with van der Waals surface area (Å²) >= 11 is 5.43. The molecule has 0 spiro atoms. The number of aromatic amines is 1. The number of para-hydroxylation sites is 1. The van der Waals surface area contributed by atoms with Crippen LogP contribution in [0.25, 0.3) is 21.9 Å². The zero-order valence-corrected chi connectivity index (χ0v) is 11.8. The summed E-state index contributed by atoms with van der Waals surface area (Å²) in [6.07, 6.45) is 3.82. The van der Waals surface area contributed by atoms with E-state index >= 15 is 0 Å². The van der Waals surface area contributed by atoms with Crippen LogP contribution in [0, 0.1) is 4.77 Å². The van der Waals surface area contributed by atoms with Gasteiger partial charge in [-0.25, -0.2) is 0 Å². The Hall–Kier alpha value is -2.54. The van der Waals surface area contributed by atoms with Crippen LogP contribution in [0.3, 0.4) is 0 Å². The van der Waals surface area contributed by atoms with Gasteiger partial charge in [0.15, 0.2) is 10.6 Å². The molecule has 21 heavy (non-hydrogen) atoms. The van der Waals surface area contributed by atoms with E-state index in [-0.39, 0.29) is 0 Å². The topological polar surface area (TPSA) is 72.5 Å². The second-order valence-electron chi connectivity index (χ2n) is 4.72. The van der Waals surface area contributed by atoms with Crippen molar-refractivity contribution in [1.82, 2.24) is 24.7 Å². The lowest BCUT2D eigenvalue weighted by Crippen LogP contribution is -2.03. The molecule has 0 fully saturated rings. The number of aryl methyl sites for hydroxylation is 2. The fraction of sp³-hybridized carbons (Fsp3) is 0.143. The summed E-state index contributed by atoms with van der Waals surface area (Å²) in [6.45, 7) is 0.687. The van der Waals surface area contributed by atoms with E-state index in [0.29, 0.717) is 23.6 Å². The van der Waals surface area contributed by atoms with Crippen molar-refractivity contribution in [3.63, 3.8) is 0 Å². The number of rotatable bonds is 3. The van der Waals surface area contributed by atoms with Gasteiger partial charge in [-0.3, -0.25) is 4.98 Å². The Morgan fingerprint density at radius 3 is 3.00 bits per heavy atom. The molecular weight excluding hydrogens is 286 g/mol. The van der Waals surface area contributed by atoms with Crippen LogP contribution in [0.15, 0.2) is 41.4 Å². The molecule has 6 nitrogen and oxygen atoms in total. The first-order valence-corrected chi connectivity index (χ1v) is 6.95. The maximum Gasteiger partial charge on any atom is 0.213 e. The SMILES string of the molecule is S=c1[nH]c2cnc3ccccc3c2n1CCc1ncon1. The average molecular weight is 297 g/mol. The van der Waals surface area contributed by atoms with E-state index in [1.54, 1.807) is 0 Å². The highest BCUT2D eigenvalue weighted by atomic mass is 32.1. The molecule has 0 saturated carbocycles. The molecule has 0 saturated heterocycles. The summed E-state index contributed by atoms with van der Waals surface area (Å²) in [5, 5.41) is 4.91. The highest BCUT2D eigenvalue weighted by molar-refractivity contribution is 7.71. The van der Waals surface area contributed by atoms with E-state index in [0.717, 1.165) is 21.9 Å². The Bertz CT molecular complexity index is 970. The molecule has 0 unspecified atom stereocenters. The predicted molar refractivity (Wildman–Crippen MR) is 80.4 cm³/mol. The molecular formula is C14H11N5OS. The zero-order chi connectivity index (χ0) is 14.2. The summed E-state index contributed by atoms with van der Waals surface area (Å²) < 4.78 is 7.49. The molecule has 104 valence electrons. The molecule has 0 aliphatic rings. The van der Waals surface area contributed by atoms with Crippen molar-refractivity contribution in [3.8, 4) is 0 Å². The quantitative estimate of drug-likeness (QED) is 0.589. The number of imidazole rings is 1. The van der Waals surface area contributed by atoms with Crippen LogP contribution in [0.5, 0.6) is 0 Å². The van der Waals surface area contributed by atoms with Gasteiger partial charge in [0.1, 0.15) is 0 Å². The maximum atomic E-state index is 5.43. The number of aromatic nitrogens is 5. The van der Waals surface area contributed by atoms with Crippen LogP contribution in [0.4, 0.5) is 0 Å². The van der Waals surface area contributed by atoms with Crippen LogP contribution >= 0.6 is 12.2 Å². The number of pyridine rings is 1. The normalized spacial score (nSPS) is 11.4. The van der Waals surface area contributed by atoms with Crippen LogP contribution in [0.1, 0.15) is 5.82 Å². The largest absolute Gasteiger partial charge is 0.343 e. The third kappa shape index (κ3) is 2.02. The predicted octanol–water partition coefficient (Wildman–Crippen LogP) is 2.87. The average Bonchev–Trinajstić information content (AvgIpc) is 3.12. The van der Waals surface area contributed by atoms with Crippen molar-refractivity contribution in [2.45, 2.75) is 13.0 Å². The first kappa shape index (κ1) is 12.2. The Morgan fingerprint density at radius 1 is 1.24 bits per heavy atom. The van der Waals surface area contributed by atoms with Gasteiger partial charge in [-0.05, 0) is 18.3 Å². The summed E-state index contributed by atoms with van der Waals surface area (Å²) in [5.41, 5.74) is 2.95. The van der Waals surface area contributed by atoms with Gasteiger partial charge >= 0.3 is 0 Å². The van der Waals surface area contributed by atoms with Crippen LogP contribution in [-0.2, 0) is 13.0 Å². The summed E-state index contributed by atoms with van der Waals surface area (Å²) in [6, 6.07) is 8.03. The fourth-order valence-corrected chi connectivity index (χ4v) is 2.81. The first-order valence-electron chi connectivity index (χ1n) is 6.54. The number of fused-ring (bicyclic) bond motifs is 3. The Labute approximate surface area is 124 Å². The van der Waals surface area contributed by atoms with Crippen molar-refractivity contribution in [2.75, 3.05) is 0 Å². The Balaban J connectivity index is 1.88. The van der Waals surface area contributed by atoms with E-state index in [1.165, 1.54) is 6.39 Å². The molecule has 4 rings (SSSR count). The second kappa shape index (κ2) is 4.78. The summed E-state index contributed by atoms with van der Waals surface area (Å²) in [4.78, 5) is 11.7. The minimum Gasteiger partial charge on any atom is -0.343 e. The van der Waals surface area contributed by atoms with Gasteiger partial charge in [0.05, 0.1) is 22.7 Å². The minimum atomic E-state index is 0.661. The van der Waals surface area contributed by atoms with E-state index in [9.17, 15) is 0 Å². The van der Waals surface area contributed by atoms with Gasteiger partial charge in [0.25, 0.3) is 0 Å². The Morgan fingerprint density at radius 2 is 2.14 bits per heavy atom. The van der Waals surface area contributed by atoms with Crippen LogP contribution in [0.2, 0.25) is 0 Å². The van der Waals surface area contributed by atoms with Gasteiger partial charge in [0, 0.05) is 18.4 Å². The smallest absolute Gasteiger partial charge is 0.213 e. The van der Waals surface area contributed by atoms with E-state index in [2.05, 4.69) is 30.7 Å². The van der Waals surface area contributed by atoms with E-state index in [1.807, 2.05) is 24.4 Å². The molecule has 1 N–H and O–H groups in total. The van der Waals surface area contributed by atoms with Crippen LogP contribution < -0.4 is 0 Å². The molecule has 3 aromatic heterocycles. The third-order valence-electron chi connectivity index (χ3n) is 3.47. The van der Waals surface area contributed by atoms with Crippen molar-refractivity contribution in [3.05, 3.63) is 47.5 Å². The molecule has 4 aromatic rings. The molecule has 3 heterocycles. The van der Waals surface area contributed by atoms with Gasteiger partial charge in [0.2, 0.25) is 6.39 Å². The highest BCUT2D eigenvalue weighted by Crippen LogP contribution is 2.23. The first-order chi connectivity index (χ1) is 10.3. The second-order valence-corrected chi connectivity index (χ2v) is 5.10. The number of nitrogens with zero attached hydrogens (tertiary/aromatic N) is 4. The van der Waals surface area contributed by atoms with Crippen molar-refractivity contribution in [1.29, 1.82) is 0 Å². The monoisotopic (exact) mass is 297 g/mol. The van der Waals surface area contributed by atoms with E-state index < -0.39 is 0 Å². The number of H-pyrrole nitrogens is 1. The van der Waals surface area contributed by atoms with Gasteiger partial charge in [-0.2, -0.15) is 4.98 Å². The van der Waals surface area contributed by atoms with Crippen molar-refractivity contribution in [2.24, 2.45) is 0 Å². The summed E-state index contributed by atoms with van der Waals surface area (Å²) in [5.74, 6) is 0.671. The molecule has 0 atom stereocenters. The molecule has 0 amide bonds. The molecule has 1 aromatic carbocycles. The number of hydrogen-bond donors (Lipinski definition) is 1. The Kier molecular flexibility index (Phi) is 2.78.